The number of rotatable bonds is 5. The molecule has 3 rings (SSSR count). The summed E-state index contributed by atoms with van der Waals surface area (Å²) in [6, 6.07) is 13.3. The number of hydrogen-bond acceptors (Lipinski definition) is 3. The van der Waals surface area contributed by atoms with Gasteiger partial charge in [-0.05, 0) is 77.6 Å². The van der Waals surface area contributed by atoms with Crippen molar-refractivity contribution in [3.8, 4) is 5.75 Å². The van der Waals surface area contributed by atoms with Crippen molar-refractivity contribution in [2.24, 2.45) is 5.92 Å². The van der Waals surface area contributed by atoms with Crippen molar-refractivity contribution in [1.82, 2.24) is 0 Å². The predicted molar refractivity (Wildman–Crippen MR) is 109 cm³/mol. The van der Waals surface area contributed by atoms with Crippen molar-refractivity contribution < 1.29 is 18.8 Å². The van der Waals surface area contributed by atoms with Gasteiger partial charge in [0.2, 0.25) is 0 Å². The molecule has 1 N–H and O–H groups in total. The Hall–Kier alpha value is -2.66. The van der Waals surface area contributed by atoms with Crippen LogP contribution in [0.5, 0.6) is 5.75 Å². The molecule has 1 aliphatic carbocycles. The fraction of sp³-hybridized carbons (Fsp3) is 0.227. The van der Waals surface area contributed by atoms with Gasteiger partial charge in [-0.1, -0.05) is 18.2 Å². The first-order valence-corrected chi connectivity index (χ1v) is 10.2. The Labute approximate surface area is 161 Å². The molecule has 0 radical (unpaired) electrons. The highest BCUT2D eigenvalue weighted by molar-refractivity contribution is 7.84. The minimum absolute atomic E-state index is 0.619. The predicted octanol–water partition coefficient (Wildman–Crippen LogP) is 4.48. The maximum atomic E-state index is 11.6. The number of hydrogen-bond donors (Lipinski definition) is 1. The normalized spacial score (nSPS) is 17.0. The number of carboxylic acids is 1. The van der Waals surface area contributed by atoms with Gasteiger partial charge < -0.3 is 9.84 Å². The lowest BCUT2D eigenvalue weighted by Crippen LogP contribution is -2.11. The summed E-state index contributed by atoms with van der Waals surface area (Å²) in [6.45, 7) is 3.67. The van der Waals surface area contributed by atoms with Crippen LogP contribution in [0.4, 0.5) is 0 Å². The van der Waals surface area contributed by atoms with E-state index in [1.165, 1.54) is 0 Å². The molecule has 1 aliphatic rings. The fourth-order valence-electron chi connectivity index (χ4n) is 3.45. The zero-order valence-electron chi connectivity index (χ0n) is 15.8. The van der Waals surface area contributed by atoms with Crippen LogP contribution in [-0.2, 0) is 15.6 Å². The van der Waals surface area contributed by atoms with E-state index in [9.17, 15) is 14.1 Å². The number of allylic oxidation sites excluding steroid dienone is 2. The van der Waals surface area contributed by atoms with E-state index >= 15 is 0 Å². The van der Waals surface area contributed by atoms with Crippen LogP contribution in [0.3, 0.4) is 0 Å². The summed E-state index contributed by atoms with van der Waals surface area (Å²) in [4.78, 5) is 12.4. The smallest absolute Gasteiger partial charge is 0.310 e. The van der Waals surface area contributed by atoms with E-state index in [1.807, 2.05) is 55.5 Å². The van der Waals surface area contributed by atoms with Crippen molar-refractivity contribution in [2.45, 2.75) is 18.7 Å². The molecule has 0 bridgehead atoms. The van der Waals surface area contributed by atoms with E-state index in [4.69, 9.17) is 4.74 Å². The molecule has 5 heteroatoms. The number of methoxy groups -OCH3 is 1. The topological polar surface area (TPSA) is 63.6 Å². The Morgan fingerprint density at radius 2 is 1.81 bits per heavy atom. The van der Waals surface area contributed by atoms with E-state index in [1.54, 1.807) is 20.3 Å². The summed E-state index contributed by atoms with van der Waals surface area (Å²) in [5.41, 5.74) is 5.65. The average Bonchev–Trinajstić information content (AvgIpc) is 2.92. The van der Waals surface area contributed by atoms with E-state index in [2.05, 4.69) is 0 Å². The third-order valence-electron chi connectivity index (χ3n) is 4.94. The number of benzene rings is 2. The number of carbonyl (C=O) groups is 1. The lowest BCUT2D eigenvalue weighted by molar-refractivity contribution is -0.139. The number of fused-ring (bicyclic) bond motifs is 1. The SMILES string of the molecule is COc1ccc2c(c1)C(C(C)C(=O)O)=C(C)C2=Cc1ccc(S(C)=O)cc1. The van der Waals surface area contributed by atoms with Crippen LogP contribution in [0.2, 0.25) is 0 Å². The van der Waals surface area contributed by atoms with Gasteiger partial charge in [0.05, 0.1) is 13.0 Å². The van der Waals surface area contributed by atoms with Gasteiger partial charge in [0.15, 0.2) is 0 Å². The van der Waals surface area contributed by atoms with E-state index < -0.39 is 22.7 Å². The molecule has 0 saturated heterocycles. The van der Waals surface area contributed by atoms with Gasteiger partial charge in [0.25, 0.3) is 0 Å². The summed E-state index contributed by atoms with van der Waals surface area (Å²) in [7, 11) is 0.586. The monoisotopic (exact) mass is 382 g/mol. The van der Waals surface area contributed by atoms with Gasteiger partial charge in [0, 0.05) is 22.0 Å². The van der Waals surface area contributed by atoms with Gasteiger partial charge in [-0.15, -0.1) is 0 Å². The molecule has 0 amide bonds. The highest BCUT2D eigenvalue weighted by Gasteiger charge is 2.30. The quantitative estimate of drug-likeness (QED) is 0.828. The van der Waals surface area contributed by atoms with Gasteiger partial charge in [-0.2, -0.15) is 0 Å². The van der Waals surface area contributed by atoms with E-state index in [0.29, 0.717) is 5.75 Å². The number of aliphatic carboxylic acids is 1. The van der Waals surface area contributed by atoms with Gasteiger partial charge in [-0.3, -0.25) is 9.00 Å². The number of ether oxygens (including phenoxy) is 1. The minimum Gasteiger partial charge on any atom is -0.497 e. The van der Waals surface area contributed by atoms with Crippen LogP contribution in [0.1, 0.15) is 30.5 Å². The van der Waals surface area contributed by atoms with Gasteiger partial charge in [-0.25, -0.2) is 0 Å². The van der Waals surface area contributed by atoms with Gasteiger partial charge >= 0.3 is 5.97 Å². The molecule has 2 atom stereocenters. The molecule has 2 unspecified atom stereocenters. The van der Waals surface area contributed by atoms with E-state index in [0.717, 1.165) is 38.3 Å². The zero-order valence-corrected chi connectivity index (χ0v) is 16.6. The molecule has 27 heavy (non-hydrogen) atoms. The summed E-state index contributed by atoms with van der Waals surface area (Å²) < 4.78 is 16.9. The molecule has 140 valence electrons. The summed E-state index contributed by atoms with van der Waals surface area (Å²) >= 11 is 0. The highest BCUT2D eigenvalue weighted by Crippen LogP contribution is 2.46. The largest absolute Gasteiger partial charge is 0.497 e. The minimum atomic E-state index is -1.01. The maximum absolute atomic E-state index is 11.6. The second-order valence-electron chi connectivity index (χ2n) is 6.59. The summed E-state index contributed by atoms with van der Waals surface area (Å²) in [5, 5.41) is 9.56. The number of carboxylic acid groups (broad SMARTS) is 1. The van der Waals surface area contributed by atoms with Crippen LogP contribution < -0.4 is 4.74 Å². The summed E-state index contributed by atoms with van der Waals surface area (Å²) in [5.74, 6) is -0.770. The zero-order chi connectivity index (χ0) is 19.7. The third-order valence-corrected chi connectivity index (χ3v) is 5.88. The van der Waals surface area contributed by atoms with Crippen molar-refractivity contribution in [3.63, 3.8) is 0 Å². The maximum Gasteiger partial charge on any atom is 0.310 e. The fourth-order valence-corrected chi connectivity index (χ4v) is 3.97. The highest BCUT2D eigenvalue weighted by atomic mass is 32.2. The first-order valence-electron chi connectivity index (χ1n) is 8.61. The van der Waals surface area contributed by atoms with E-state index in [-0.39, 0.29) is 0 Å². The second kappa shape index (κ2) is 7.53. The molecular weight excluding hydrogens is 360 g/mol. The Morgan fingerprint density at radius 3 is 2.37 bits per heavy atom. The molecule has 0 aliphatic heterocycles. The van der Waals surface area contributed by atoms with Crippen LogP contribution in [0, 0.1) is 5.92 Å². The van der Waals surface area contributed by atoms with Crippen molar-refractivity contribution in [3.05, 3.63) is 64.7 Å². The Bertz CT molecular complexity index is 984. The molecule has 2 aromatic carbocycles. The Balaban J connectivity index is 2.15. The molecule has 0 spiro atoms. The lowest BCUT2D eigenvalue weighted by atomic mass is 9.93. The molecule has 0 aromatic heterocycles. The third kappa shape index (κ3) is 3.60. The summed E-state index contributed by atoms with van der Waals surface area (Å²) in [6.07, 6.45) is 3.70. The van der Waals surface area contributed by atoms with Crippen LogP contribution in [-0.4, -0.2) is 28.7 Å². The first-order chi connectivity index (χ1) is 12.8. The lowest BCUT2D eigenvalue weighted by Gasteiger charge is -2.12. The molecular formula is C22H22O4S. The Morgan fingerprint density at radius 1 is 1.15 bits per heavy atom. The van der Waals surface area contributed by atoms with Crippen molar-refractivity contribution in [2.75, 3.05) is 13.4 Å². The standard InChI is InChI=1S/C22H22O4S/c1-13-19(11-15-5-8-17(9-6-15)27(4)25)18-10-7-16(26-3)12-20(18)21(13)14(2)22(23)24/h5-12,14H,1-4H3,(H,23,24). The van der Waals surface area contributed by atoms with Gasteiger partial charge in [0.1, 0.15) is 5.75 Å². The molecule has 0 heterocycles. The Kier molecular flexibility index (Phi) is 5.33. The second-order valence-corrected chi connectivity index (χ2v) is 7.97. The molecule has 0 fully saturated rings. The average molecular weight is 382 g/mol. The van der Waals surface area contributed by atoms with Crippen molar-refractivity contribution >= 4 is 34.0 Å². The molecule has 4 nitrogen and oxygen atoms in total. The van der Waals surface area contributed by atoms with Crippen LogP contribution in [0.25, 0.3) is 17.2 Å². The van der Waals surface area contributed by atoms with Crippen LogP contribution in [0.15, 0.2) is 52.9 Å². The van der Waals surface area contributed by atoms with Crippen LogP contribution >= 0.6 is 0 Å². The molecule has 2 aromatic rings. The van der Waals surface area contributed by atoms with Crippen molar-refractivity contribution in [1.29, 1.82) is 0 Å². The molecule has 0 saturated carbocycles. The first kappa shape index (κ1) is 19.1.